The van der Waals surface area contributed by atoms with Crippen LogP contribution in [0.4, 0.5) is 0 Å². The summed E-state index contributed by atoms with van der Waals surface area (Å²) in [5, 5.41) is 7.33. The van der Waals surface area contributed by atoms with Crippen LogP contribution >= 0.6 is 0 Å². The van der Waals surface area contributed by atoms with Gasteiger partial charge in [0.25, 0.3) is 0 Å². The molecular formula is C9H11N5O3. The fourth-order valence-corrected chi connectivity index (χ4v) is 1.29. The number of aromatic nitrogens is 5. The summed E-state index contributed by atoms with van der Waals surface area (Å²) in [5.41, 5.74) is -0.310. The molecule has 0 bridgehead atoms. The molecule has 2 heterocycles. The molecule has 0 saturated carbocycles. The fraction of sp³-hybridized carbons (Fsp3) is 0.444. The summed E-state index contributed by atoms with van der Waals surface area (Å²) in [6.45, 7) is 2.18. The first-order valence-corrected chi connectivity index (χ1v) is 5.09. The van der Waals surface area contributed by atoms with E-state index in [1.54, 1.807) is 0 Å². The molecule has 0 aliphatic heterocycles. The normalized spacial score (nSPS) is 10.7. The van der Waals surface area contributed by atoms with Crippen LogP contribution in [-0.4, -0.2) is 37.0 Å². The third-order valence-electron chi connectivity index (χ3n) is 2.13. The van der Waals surface area contributed by atoms with Gasteiger partial charge in [-0.2, -0.15) is 4.68 Å². The van der Waals surface area contributed by atoms with Crippen molar-refractivity contribution in [2.45, 2.75) is 13.3 Å². The minimum atomic E-state index is -0.600. The Morgan fingerprint density at radius 2 is 2.29 bits per heavy atom. The van der Waals surface area contributed by atoms with Crippen LogP contribution in [0, 0.1) is 0 Å². The van der Waals surface area contributed by atoms with Crippen molar-refractivity contribution in [3.05, 3.63) is 22.5 Å². The Bertz CT molecular complexity index is 615. The summed E-state index contributed by atoms with van der Waals surface area (Å²) in [6, 6.07) is 0. The topological polar surface area (TPSA) is 91.4 Å². The second kappa shape index (κ2) is 4.32. The number of rotatable bonds is 3. The van der Waals surface area contributed by atoms with Crippen LogP contribution < -0.4 is 5.69 Å². The van der Waals surface area contributed by atoms with E-state index in [9.17, 15) is 9.59 Å². The molecule has 90 valence electrons. The SMILES string of the molecule is CCCOC(=O)c1ncn2c(=O)n(C)nnc12. The Balaban J connectivity index is 2.47. The number of ether oxygens (including phenoxy) is 1. The van der Waals surface area contributed by atoms with E-state index in [1.807, 2.05) is 6.92 Å². The highest BCUT2D eigenvalue weighted by Crippen LogP contribution is 2.04. The van der Waals surface area contributed by atoms with Crippen molar-refractivity contribution in [2.24, 2.45) is 7.05 Å². The highest BCUT2D eigenvalue weighted by atomic mass is 16.5. The summed E-state index contributed by atoms with van der Waals surface area (Å²) in [4.78, 5) is 27.0. The number of hydrogen-bond donors (Lipinski definition) is 0. The Labute approximate surface area is 95.8 Å². The van der Waals surface area contributed by atoms with Gasteiger partial charge in [-0.3, -0.25) is 0 Å². The summed E-state index contributed by atoms with van der Waals surface area (Å²) < 4.78 is 7.12. The van der Waals surface area contributed by atoms with Gasteiger partial charge in [0.1, 0.15) is 6.33 Å². The Morgan fingerprint density at radius 1 is 1.53 bits per heavy atom. The average molecular weight is 237 g/mol. The number of hydrogen-bond acceptors (Lipinski definition) is 6. The molecule has 2 aromatic rings. The monoisotopic (exact) mass is 237 g/mol. The van der Waals surface area contributed by atoms with Crippen molar-refractivity contribution in [3.8, 4) is 0 Å². The molecule has 0 amide bonds. The third kappa shape index (κ3) is 1.88. The molecule has 0 spiro atoms. The molecule has 8 heteroatoms. The zero-order valence-corrected chi connectivity index (χ0v) is 9.45. The van der Waals surface area contributed by atoms with Gasteiger partial charge in [0.2, 0.25) is 0 Å². The van der Waals surface area contributed by atoms with Crippen molar-refractivity contribution in [3.63, 3.8) is 0 Å². The van der Waals surface area contributed by atoms with E-state index in [1.165, 1.54) is 13.4 Å². The van der Waals surface area contributed by atoms with Crippen LogP contribution in [0.1, 0.15) is 23.8 Å². The van der Waals surface area contributed by atoms with Gasteiger partial charge in [0.05, 0.1) is 6.61 Å². The molecular weight excluding hydrogens is 226 g/mol. The van der Waals surface area contributed by atoms with Crippen molar-refractivity contribution in [1.82, 2.24) is 24.4 Å². The quantitative estimate of drug-likeness (QED) is 0.661. The summed E-state index contributed by atoms with van der Waals surface area (Å²) in [7, 11) is 1.46. The van der Waals surface area contributed by atoms with Crippen LogP contribution in [0.2, 0.25) is 0 Å². The average Bonchev–Trinajstić information content (AvgIpc) is 2.75. The zero-order chi connectivity index (χ0) is 12.4. The van der Waals surface area contributed by atoms with Crippen LogP contribution in [0.5, 0.6) is 0 Å². The lowest BCUT2D eigenvalue weighted by Gasteiger charge is -2.00. The number of carbonyl (C=O) groups excluding carboxylic acids is 1. The van der Waals surface area contributed by atoms with Crippen LogP contribution in [0.15, 0.2) is 11.1 Å². The highest BCUT2D eigenvalue weighted by molar-refractivity contribution is 5.93. The lowest BCUT2D eigenvalue weighted by Crippen LogP contribution is -2.27. The number of imidazole rings is 1. The van der Waals surface area contributed by atoms with Crippen molar-refractivity contribution < 1.29 is 9.53 Å². The van der Waals surface area contributed by atoms with Crippen LogP contribution in [0.3, 0.4) is 0 Å². The van der Waals surface area contributed by atoms with Crippen LogP contribution in [-0.2, 0) is 11.8 Å². The summed E-state index contributed by atoms with van der Waals surface area (Å²) >= 11 is 0. The first kappa shape index (κ1) is 11.2. The molecule has 0 aliphatic rings. The third-order valence-corrected chi connectivity index (χ3v) is 2.13. The second-order valence-corrected chi connectivity index (χ2v) is 3.42. The minimum Gasteiger partial charge on any atom is -0.461 e. The van der Waals surface area contributed by atoms with E-state index in [4.69, 9.17) is 4.74 Å². The molecule has 0 aromatic carbocycles. The first-order valence-electron chi connectivity index (χ1n) is 5.09. The van der Waals surface area contributed by atoms with E-state index >= 15 is 0 Å². The summed E-state index contributed by atoms with van der Waals surface area (Å²) in [5.74, 6) is -0.600. The number of fused-ring (bicyclic) bond motifs is 1. The van der Waals surface area contributed by atoms with E-state index in [2.05, 4.69) is 15.3 Å². The molecule has 8 nitrogen and oxygen atoms in total. The predicted molar refractivity (Wildman–Crippen MR) is 56.6 cm³/mol. The number of carbonyl (C=O) groups is 1. The maximum Gasteiger partial charge on any atom is 0.360 e. The van der Waals surface area contributed by atoms with Crippen molar-refractivity contribution in [2.75, 3.05) is 6.61 Å². The lowest BCUT2D eigenvalue weighted by atomic mass is 10.4. The second-order valence-electron chi connectivity index (χ2n) is 3.42. The Kier molecular flexibility index (Phi) is 2.86. The van der Waals surface area contributed by atoms with E-state index in [0.717, 1.165) is 9.08 Å². The van der Waals surface area contributed by atoms with Gasteiger partial charge in [-0.05, 0) is 6.42 Å². The maximum absolute atomic E-state index is 11.6. The first-order chi connectivity index (χ1) is 8.15. The number of nitrogens with zero attached hydrogens (tertiary/aromatic N) is 5. The molecule has 0 N–H and O–H groups in total. The molecule has 17 heavy (non-hydrogen) atoms. The number of esters is 1. The molecule has 0 fully saturated rings. The Hall–Kier alpha value is -2.25. The predicted octanol–water partition coefficient (Wildman–Crippen LogP) is -0.610. The molecule has 0 unspecified atom stereocenters. The van der Waals surface area contributed by atoms with Gasteiger partial charge < -0.3 is 4.74 Å². The van der Waals surface area contributed by atoms with E-state index in [0.29, 0.717) is 13.0 Å². The molecule has 2 aromatic heterocycles. The number of aryl methyl sites for hydroxylation is 1. The Morgan fingerprint density at radius 3 is 3.00 bits per heavy atom. The standard InChI is InChI=1S/C9H11N5O3/c1-3-4-17-8(15)6-7-11-12-13(2)9(16)14(7)5-10-6/h5H,3-4H2,1-2H3. The van der Waals surface area contributed by atoms with Gasteiger partial charge in [0, 0.05) is 7.05 Å². The van der Waals surface area contributed by atoms with Gasteiger partial charge in [-0.15, -0.1) is 5.10 Å². The lowest BCUT2D eigenvalue weighted by molar-refractivity contribution is 0.0501. The van der Waals surface area contributed by atoms with Crippen LogP contribution in [0.25, 0.3) is 5.65 Å². The maximum atomic E-state index is 11.6. The smallest absolute Gasteiger partial charge is 0.360 e. The van der Waals surface area contributed by atoms with Gasteiger partial charge in [-0.25, -0.2) is 19.0 Å². The van der Waals surface area contributed by atoms with Gasteiger partial charge in [-0.1, -0.05) is 12.1 Å². The summed E-state index contributed by atoms with van der Waals surface area (Å²) in [6.07, 6.45) is 1.94. The largest absolute Gasteiger partial charge is 0.461 e. The van der Waals surface area contributed by atoms with Crippen molar-refractivity contribution >= 4 is 11.6 Å². The minimum absolute atomic E-state index is 0.00338. The van der Waals surface area contributed by atoms with E-state index < -0.39 is 11.7 Å². The van der Waals surface area contributed by atoms with Gasteiger partial charge in [0.15, 0.2) is 11.3 Å². The van der Waals surface area contributed by atoms with Crippen molar-refractivity contribution in [1.29, 1.82) is 0 Å². The van der Waals surface area contributed by atoms with Gasteiger partial charge >= 0.3 is 11.7 Å². The highest BCUT2D eigenvalue weighted by Gasteiger charge is 2.18. The zero-order valence-electron chi connectivity index (χ0n) is 9.45. The molecule has 0 radical (unpaired) electrons. The molecule has 0 saturated heterocycles. The molecule has 2 rings (SSSR count). The molecule has 0 atom stereocenters. The molecule has 0 aliphatic carbocycles. The fourth-order valence-electron chi connectivity index (χ4n) is 1.29. The van der Waals surface area contributed by atoms with E-state index in [-0.39, 0.29) is 11.3 Å².